The molecule has 7 heteroatoms. The van der Waals surface area contributed by atoms with Gasteiger partial charge in [-0.3, -0.25) is 19.5 Å². The van der Waals surface area contributed by atoms with E-state index in [4.69, 9.17) is 0 Å². The number of pyridine rings is 1. The summed E-state index contributed by atoms with van der Waals surface area (Å²) in [4.78, 5) is 45.2. The summed E-state index contributed by atoms with van der Waals surface area (Å²) in [5, 5.41) is 6.64. The first-order valence-electron chi connectivity index (χ1n) is 11.6. The summed E-state index contributed by atoms with van der Waals surface area (Å²) in [6.07, 6.45) is 6.78. The van der Waals surface area contributed by atoms with Crippen LogP contribution < -0.4 is 10.6 Å². The van der Waals surface area contributed by atoms with Crippen LogP contribution >= 0.6 is 0 Å². The van der Waals surface area contributed by atoms with Gasteiger partial charge in [-0.05, 0) is 48.1 Å². The van der Waals surface area contributed by atoms with Crippen LogP contribution in [0.15, 0.2) is 79.0 Å². The smallest absolute Gasteiger partial charge is 0.319 e. The van der Waals surface area contributed by atoms with Crippen LogP contribution in [0, 0.1) is 23.7 Å². The topological polar surface area (TPSA) is 91.4 Å². The molecule has 7 nitrogen and oxygen atoms in total. The molecule has 5 atom stereocenters. The number of aromatic nitrogens is 1. The molecule has 1 saturated heterocycles. The lowest BCUT2D eigenvalue weighted by Gasteiger charge is -2.28. The van der Waals surface area contributed by atoms with E-state index in [-0.39, 0.29) is 42.0 Å². The predicted octanol–water partition coefficient (Wildman–Crippen LogP) is 3.90. The summed E-state index contributed by atoms with van der Waals surface area (Å²) < 4.78 is 0. The molecular weight excluding hydrogens is 428 g/mol. The first kappa shape index (κ1) is 20.6. The SMILES string of the molecule is O=C(NCC(c1ccccc1)N1C(=O)C2C3C=CC(C3)C2C1=O)Nc1ccc2ncccc2c1. The summed E-state index contributed by atoms with van der Waals surface area (Å²) in [7, 11) is 0. The van der Waals surface area contributed by atoms with Gasteiger partial charge in [0.1, 0.15) is 0 Å². The van der Waals surface area contributed by atoms with Gasteiger partial charge >= 0.3 is 6.03 Å². The Kier molecular flexibility index (Phi) is 4.90. The van der Waals surface area contributed by atoms with Gasteiger partial charge in [0.2, 0.25) is 11.8 Å². The zero-order chi connectivity index (χ0) is 23.2. The lowest BCUT2D eigenvalue weighted by molar-refractivity contribution is -0.143. The highest BCUT2D eigenvalue weighted by molar-refractivity contribution is 6.07. The van der Waals surface area contributed by atoms with Crippen molar-refractivity contribution in [2.45, 2.75) is 12.5 Å². The van der Waals surface area contributed by atoms with Crippen LogP contribution in [-0.2, 0) is 9.59 Å². The van der Waals surface area contributed by atoms with Crippen LogP contribution in [-0.4, -0.2) is 34.3 Å². The molecule has 2 bridgehead atoms. The summed E-state index contributed by atoms with van der Waals surface area (Å²) in [6.45, 7) is 0.130. The Morgan fingerprint density at radius 2 is 1.71 bits per heavy atom. The van der Waals surface area contributed by atoms with E-state index >= 15 is 0 Å². The zero-order valence-corrected chi connectivity index (χ0v) is 18.4. The van der Waals surface area contributed by atoms with Crippen LogP contribution in [0.4, 0.5) is 10.5 Å². The fourth-order valence-electron chi connectivity index (χ4n) is 5.78. The Morgan fingerprint density at radius 3 is 2.44 bits per heavy atom. The van der Waals surface area contributed by atoms with Gasteiger partial charge in [0.05, 0.1) is 23.4 Å². The molecule has 0 spiro atoms. The number of urea groups is 1. The number of carbonyl (C=O) groups is 3. The second-order valence-electron chi connectivity index (χ2n) is 9.22. The van der Waals surface area contributed by atoms with Gasteiger partial charge in [0.15, 0.2) is 0 Å². The molecule has 170 valence electrons. The normalized spacial score (nSPS) is 25.6. The van der Waals surface area contributed by atoms with Crippen LogP contribution in [0.1, 0.15) is 18.0 Å². The number of fused-ring (bicyclic) bond motifs is 6. The van der Waals surface area contributed by atoms with Crippen LogP contribution in [0.5, 0.6) is 0 Å². The van der Waals surface area contributed by atoms with Crippen molar-refractivity contribution in [2.24, 2.45) is 23.7 Å². The van der Waals surface area contributed by atoms with Crippen molar-refractivity contribution >= 4 is 34.4 Å². The molecule has 5 unspecified atom stereocenters. The minimum atomic E-state index is -0.558. The standard InChI is InChI=1S/C27H24N4O3/c32-25-23-18-8-9-19(13-18)24(23)26(33)31(25)22(16-5-2-1-3-6-16)15-29-27(34)30-20-10-11-21-17(14-20)7-4-12-28-21/h1-12,14,18-19,22-24H,13,15H2,(H2,29,30,34). The summed E-state index contributed by atoms with van der Waals surface area (Å²) in [6, 6.07) is 17.7. The van der Waals surface area contributed by atoms with E-state index in [0.29, 0.717) is 5.69 Å². The third-order valence-electron chi connectivity index (χ3n) is 7.32. The molecule has 1 saturated carbocycles. The van der Waals surface area contributed by atoms with Crippen molar-refractivity contribution in [3.63, 3.8) is 0 Å². The molecule has 0 radical (unpaired) electrons. The average Bonchev–Trinajstić information content (AvgIpc) is 3.54. The number of carbonyl (C=O) groups excluding carboxylic acids is 3. The van der Waals surface area contributed by atoms with Gasteiger partial charge in [-0.1, -0.05) is 48.6 Å². The molecule has 3 aliphatic rings. The molecular formula is C27H24N4O3. The van der Waals surface area contributed by atoms with Crippen LogP contribution in [0.3, 0.4) is 0 Å². The van der Waals surface area contributed by atoms with Crippen molar-refractivity contribution in [1.82, 2.24) is 15.2 Å². The van der Waals surface area contributed by atoms with Crippen molar-refractivity contribution < 1.29 is 14.4 Å². The van der Waals surface area contributed by atoms with Crippen LogP contribution in [0.25, 0.3) is 10.9 Å². The Bertz CT molecular complexity index is 1290. The van der Waals surface area contributed by atoms with Gasteiger partial charge in [-0.25, -0.2) is 4.79 Å². The minimum Gasteiger partial charge on any atom is -0.335 e. The first-order valence-corrected chi connectivity index (χ1v) is 11.6. The third kappa shape index (κ3) is 3.36. The lowest BCUT2D eigenvalue weighted by Crippen LogP contribution is -2.43. The molecule has 1 aromatic heterocycles. The fraction of sp³-hybridized carbons (Fsp3) is 0.259. The van der Waals surface area contributed by atoms with E-state index in [1.807, 2.05) is 54.6 Å². The Labute approximate surface area is 196 Å². The summed E-state index contributed by atoms with van der Waals surface area (Å²) in [5.41, 5.74) is 2.30. The Morgan fingerprint density at radius 1 is 0.971 bits per heavy atom. The maximum atomic E-state index is 13.4. The van der Waals surface area contributed by atoms with Crippen molar-refractivity contribution in [1.29, 1.82) is 0 Å². The molecule has 2 fully saturated rings. The quantitative estimate of drug-likeness (QED) is 0.454. The number of imide groups is 1. The fourth-order valence-corrected chi connectivity index (χ4v) is 5.78. The number of likely N-dealkylation sites (tertiary alicyclic amines) is 1. The molecule has 4 amide bonds. The van der Waals surface area contributed by atoms with E-state index in [0.717, 1.165) is 22.9 Å². The van der Waals surface area contributed by atoms with E-state index in [1.54, 1.807) is 12.3 Å². The second kappa shape index (κ2) is 8.09. The molecule has 2 heterocycles. The van der Waals surface area contributed by atoms with Gasteiger partial charge in [0, 0.05) is 23.8 Å². The van der Waals surface area contributed by atoms with Gasteiger partial charge in [-0.2, -0.15) is 0 Å². The third-order valence-corrected chi connectivity index (χ3v) is 7.32. The second-order valence-corrected chi connectivity index (χ2v) is 9.22. The van der Waals surface area contributed by atoms with E-state index in [9.17, 15) is 14.4 Å². The summed E-state index contributed by atoms with van der Waals surface area (Å²) in [5.74, 6) is -0.490. The predicted molar refractivity (Wildman–Crippen MR) is 128 cm³/mol. The maximum absolute atomic E-state index is 13.4. The monoisotopic (exact) mass is 452 g/mol. The van der Waals surface area contributed by atoms with Crippen LogP contribution in [0.2, 0.25) is 0 Å². The summed E-state index contributed by atoms with van der Waals surface area (Å²) >= 11 is 0. The number of amides is 4. The molecule has 1 aliphatic heterocycles. The first-order chi connectivity index (χ1) is 16.6. The number of nitrogens with one attached hydrogen (secondary N) is 2. The van der Waals surface area contributed by atoms with Gasteiger partial charge in [-0.15, -0.1) is 0 Å². The number of nitrogens with zero attached hydrogens (tertiary/aromatic N) is 2. The van der Waals surface area contributed by atoms with Crippen molar-refractivity contribution in [3.05, 3.63) is 84.6 Å². The van der Waals surface area contributed by atoms with E-state index in [1.165, 1.54) is 4.90 Å². The zero-order valence-electron chi connectivity index (χ0n) is 18.4. The highest BCUT2D eigenvalue weighted by Crippen LogP contribution is 2.53. The lowest BCUT2D eigenvalue weighted by atomic mass is 9.85. The van der Waals surface area contributed by atoms with Gasteiger partial charge < -0.3 is 10.6 Å². The number of benzene rings is 2. The number of hydrogen-bond acceptors (Lipinski definition) is 4. The van der Waals surface area contributed by atoms with E-state index in [2.05, 4.69) is 27.8 Å². The largest absolute Gasteiger partial charge is 0.335 e. The Balaban J connectivity index is 1.21. The molecule has 6 rings (SSSR count). The van der Waals surface area contributed by atoms with E-state index < -0.39 is 12.1 Å². The average molecular weight is 453 g/mol. The number of allylic oxidation sites excluding steroid dienone is 2. The molecule has 2 aliphatic carbocycles. The Hall–Kier alpha value is -4.00. The van der Waals surface area contributed by atoms with Crippen molar-refractivity contribution in [3.8, 4) is 0 Å². The highest BCUT2D eigenvalue weighted by atomic mass is 16.2. The molecule has 34 heavy (non-hydrogen) atoms. The number of rotatable bonds is 5. The number of hydrogen-bond donors (Lipinski definition) is 2. The van der Waals surface area contributed by atoms with Gasteiger partial charge in [0.25, 0.3) is 0 Å². The molecule has 2 aromatic carbocycles. The van der Waals surface area contributed by atoms with Crippen molar-refractivity contribution in [2.75, 3.05) is 11.9 Å². The minimum absolute atomic E-state index is 0.120. The molecule has 3 aromatic rings. The highest BCUT2D eigenvalue weighted by Gasteiger charge is 2.60. The number of anilines is 1. The molecule has 2 N–H and O–H groups in total. The maximum Gasteiger partial charge on any atom is 0.319 e.